The van der Waals surface area contributed by atoms with Gasteiger partial charge < -0.3 is 14.1 Å². The van der Waals surface area contributed by atoms with E-state index >= 15 is 0 Å². The van der Waals surface area contributed by atoms with E-state index in [2.05, 4.69) is 4.98 Å². The van der Waals surface area contributed by atoms with Gasteiger partial charge in [0.1, 0.15) is 17.7 Å². The fourth-order valence-electron chi connectivity index (χ4n) is 3.64. The number of benzene rings is 1. The zero-order chi connectivity index (χ0) is 19.5. The average Bonchev–Trinajstić information content (AvgIpc) is 3.35. The molecular weight excluding hydrogens is 356 g/mol. The van der Waals surface area contributed by atoms with Crippen molar-refractivity contribution >= 4 is 5.91 Å². The lowest BCUT2D eigenvalue weighted by Crippen LogP contribution is -2.36. The average molecular weight is 380 g/mol. The van der Waals surface area contributed by atoms with Gasteiger partial charge in [0.05, 0.1) is 19.7 Å². The highest BCUT2D eigenvalue weighted by atomic mass is 16.5. The first-order chi connectivity index (χ1) is 13.7. The van der Waals surface area contributed by atoms with Crippen LogP contribution in [0.2, 0.25) is 0 Å². The zero-order valence-corrected chi connectivity index (χ0v) is 16.2. The fourth-order valence-corrected chi connectivity index (χ4v) is 3.64. The standard InChI is InChI=1S/C21H24N4O3/c1-3-27-10-9-25-19-7-8-24(21(26)16-6-4-5-15(2)11-16)12-17(19)20(23-25)18-13-28-14-22-18/h4-6,11,13-14H,3,7-10,12H2,1-2H3. The Bertz CT molecular complexity index is 962. The van der Waals surface area contributed by atoms with Gasteiger partial charge in [-0.2, -0.15) is 5.10 Å². The maximum atomic E-state index is 13.0. The SMILES string of the molecule is CCOCCn1nc(-c2cocn2)c2c1CCN(C(=O)c1cccc(C)c1)C2. The zero-order valence-electron chi connectivity index (χ0n) is 16.2. The summed E-state index contributed by atoms with van der Waals surface area (Å²) in [6.07, 6.45) is 3.75. The third-order valence-corrected chi connectivity index (χ3v) is 5.01. The molecule has 1 aliphatic heterocycles. The van der Waals surface area contributed by atoms with Crippen molar-refractivity contribution in [3.05, 3.63) is 59.3 Å². The van der Waals surface area contributed by atoms with Gasteiger partial charge in [-0.15, -0.1) is 0 Å². The summed E-state index contributed by atoms with van der Waals surface area (Å²) in [4.78, 5) is 19.2. The Balaban J connectivity index is 1.64. The van der Waals surface area contributed by atoms with Crippen molar-refractivity contribution in [1.82, 2.24) is 19.7 Å². The van der Waals surface area contributed by atoms with Crippen LogP contribution in [-0.2, 0) is 24.2 Å². The first kappa shape index (κ1) is 18.4. The van der Waals surface area contributed by atoms with Crippen LogP contribution in [0.1, 0.15) is 34.1 Å². The number of ether oxygens (including phenoxy) is 1. The Labute approximate surface area is 163 Å². The minimum Gasteiger partial charge on any atom is -0.451 e. The van der Waals surface area contributed by atoms with E-state index in [0.717, 1.165) is 34.5 Å². The fraction of sp³-hybridized carbons (Fsp3) is 0.381. The molecule has 3 heterocycles. The predicted molar refractivity (Wildman–Crippen MR) is 104 cm³/mol. The highest BCUT2D eigenvalue weighted by Crippen LogP contribution is 2.30. The summed E-state index contributed by atoms with van der Waals surface area (Å²) in [6.45, 7) is 7.12. The monoisotopic (exact) mass is 380 g/mol. The van der Waals surface area contributed by atoms with Crippen molar-refractivity contribution in [3.8, 4) is 11.4 Å². The maximum Gasteiger partial charge on any atom is 0.254 e. The van der Waals surface area contributed by atoms with Crippen LogP contribution >= 0.6 is 0 Å². The van der Waals surface area contributed by atoms with Crippen molar-refractivity contribution < 1.29 is 13.9 Å². The number of rotatable bonds is 6. The lowest BCUT2D eigenvalue weighted by molar-refractivity contribution is 0.0732. The third-order valence-electron chi connectivity index (χ3n) is 5.01. The van der Waals surface area contributed by atoms with Crippen LogP contribution < -0.4 is 0 Å². The van der Waals surface area contributed by atoms with Gasteiger partial charge in [0, 0.05) is 36.4 Å². The molecule has 0 aliphatic carbocycles. The second-order valence-corrected chi connectivity index (χ2v) is 6.91. The van der Waals surface area contributed by atoms with Gasteiger partial charge in [-0.25, -0.2) is 4.98 Å². The first-order valence-electron chi connectivity index (χ1n) is 9.58. The van der Waals surface area contributed by atoms with E-state index in [1.54, 1.807) is 6.26 Å². The summed E-state index contributed by atoms with van der Waals surface area (Å²) in [5.41, 5.74) is 5.45. The molecular formula is C21H24N4O3. The number of oxazole rings is 1. The smallest absolute Gasteiger partial charge is 0.254 e. The summed E-state index contributed by atoms with van der Waals surface area (Å²) in [5.74, 6) is 0.0440. The molecule has 0 atom stereocenters. The number of fused-ring (bicyclic) bond motifs is 1. The topological polar surface area (TPSA) is 73.4 Å². The molecule has 1 aromatic carbocycles. The molecule has 0 saturated carbocycles. The van der Waals surface area contributed by atoms with Crippen LogP contribution in [0.15, 0.2) is 41.3 Å². The third kappa shape index (κ3) is 3.57. The Kier molecular flexibility index (Phi) is 5.25. The number of aryl methyl sites for hydroxylation is 1. The minimum atomic E-state index is 0.0440. The van der Waals surface area contributed by atoms with Crippen LogP contribution in [0.3, 0.4) is 0 Å². The largest absolute Gasteiger partial charge is 0.451 e. The number of amides is 1. The molecule has 28 heavy (non-hydrogen) atoms. The van der Waals surface area contributed by atoms with Gasteiger partial charge in [0.25, 0.3) is 5.91 Å². The molecule has 0 radical (unpaired) electrons. The Morgan fingerprint density at radius 1 is 1.36 bits per heavy atom. The molecule has 4 rings (SSSR count). The number of nitrogens with zero attached hydrogens (tertiary/aromatic N) is 4. The highest BCUT2D eigenvalue weighted by molar-refractivity contribution is 5.94. The van der Waals surface area contributed by atoms with Crippen molar-refractivity contribution in [1.29, 1.82) is 0 Å². The number of carbonyl (C=O) groups excluding carboxylic acids is 1. The van der Waals surface area contributed by atoms with E-state index in [0.29, 0.717) is 38.5 Å². The molecule has 3 aromatic rings. The molecule has 146 valence electrons. The molecule has 0 fully saturated rings. The van der Waals surface area contributed by atoms with Crippen LogP contribution in [0.5, 0.6) is 0 Å². The molecule has 0 saturated heterocycles. The highest BCUT2D eigenvalue weighted by Gasteiger charge is 2.29. The van der Waals surface area contributed by atoms with Gasteiger partial charge in [-0.05, 0) is 26.0 Å². The van der Waals surface area contributed by atoms with E-state index in [1.165, 1.54) is 6.39 Å². The van der Waals surface area contributed by atoms with Crippen molar-refractivity contribution in [2.45, 2.75) is 33.4 Å². The number of carbonyl (C=O) groups is 1. The molecule has 0 unspecified atom stereocenters. The first-order valence-corrected chi connectivity index (χ1v) is 9.58. The lowest BCUT2D eigenvalue weighted by Gasteiger charge is -2.28. The molecule has 0 spiro atoms. The molecule has 2 aromatic heterocycles. The van der Waals surface area contributed by atoms with Crippen LogP contribution in [0.4, 0.5) is 0 Å². The Morgan fingerprint density at radius 2 is 2.25 bits per heavy atom. The van der Waals surface area contributed by atoms with E-state index in [4.69, 9.17) is 14.3 Å². The molecule has 7 nitrogen and oxygen atoms in total. The Hall–Kier alpha value is -2.93. The molecule has 0 N–H and O–H groups in total. The lowest BCUT2D eigenvalue weighted by atomic mass is 10.0. The van der Waals surface area contributed by atoms with Gasteiger partial charge in [0.15, 0.2) is 6.39 Å². The number of hydrogen-bond acceptors (Lipinski definition) is 5. The van der Waals surface area contributed by atoms with Crippen molar-refractivity contribution in [2.24, 2.45) is 0 Å². The van der Waals surface area contributed by atoms with Crippen LogP contribution in [0, 0.1) is 6.92 Å². The summed E-state index contributed by atoms with van der Waals surface area (Å²) >= 11 is 0. The van der Waals surface area contributed by atoms with Gasteiger partial charge in [-0.1, -0.05) is 17.7 Å². The van der Waals surface area contributed by atoms with Crippen LogP contribution in [-0.4, -0.2) is 45.3 Å². The Morgan fingerprint density at radius 3 is 3.00 bits per heavy atom. The quantitative estimate of drug-likeness (QED) is 0.615. The van der Waals surface area contributed by atoms with E-state index in [1.807, 2.05) is 47.7 Å². The molecule has 1 aliphatic rings. The number of aromatic nitrogens is 3. The summed E-state index contributed by atoms with van der Waals surface area (Å²) < 4.78 is 12.6. The summed E-state index contributed by atoms with van der Waals surface area (Å²) in [7, 11) is 0. The second-order valence-electron chi connectivity index (χ2n) is 6.91. The van der Waals surface area contributed by atoms with Gasteiger partial charge in [-0.3, -0.25) is 9.48 Å². The van der Waals surface area contributed by atoms with Crippen molar-refractivity contribution in [3.63, 3.8) is 0 Å². The van der Waals surface area contributed by atoms with Crippen molar-refractivity contribution in [2.75, 3.05) is 19.8 Å². The maximum absolute atomic E-state index is 13.0. The summed E-state index contributed by atoms with van der Waals surface area (Å²) in [5, 5.41) is 4.76. The van der Waals surface area contributed by atoms with E-state index in [-0.39, 0.29) is 5.91 Å². The van der Waals surface area contributed by atoms with Gasteiger partial charge in [0.2, 0.25) is 0 Å². The van der Waals surface area contributed by atoms with Crippen LogP contribution in [0.25, 0.3) is 11.4 Å². The number of hydrogen-bond donors (Lipinski definition) is 0. The molecule has 7 heteroatoms. The minimum absolute atomic E-state index is 0.0440. The van der Waals surface area contributed by atoms with E-state index in [9.17, 15) is 4.79 Å². The predicted octanol–water partition coefficient (Wildman–Crippen LogP) is 3.08. The molecule has 0 bridgehead atoms. The summed E-state index contributed by atoms with van der Waals surface area (Å²) in [6, 6.07) is 7.72. The second kappa shape index (κ2) is 7.98. The molecule has 1 amide bonds. The normalized spacial score (nSPS) is 13.6. The van der Waals surface area contributed by atoms with Gasteiger partial charge >= 0.3 is 0 Å². The van der Waals surface area contributed by atoms with E-state index < -0.39 is 0 Å².